The summed E-state index contributed by atoms with van der Waals surface area (Å²) in [6.07, 6.45) is 1.77. The van der Waals surface area contributed by atoms with Crippen LogP contribution >= 0.6 is 11.6 Å². The number of hydrogen-bond acceptors (Lipinski definition) is 4. The van der Waals surface area contributed by atoms with Crippen molar-refractivity contribution in [3.05, 3.63) is 28.8 Å². The van der Waals surface area contributed by atoms with E-state index >= 15 is 0 Å². The smallest absolute Gasteiger partial charge is 0.330 e. The molecule has 0 bridgehead atoms. The van der Waals surface area contributed by atoms with Crippen molar-refractivity contribution >= 4 is 23.5 Å². The monoisotopic (exact) mass is 327 g/mol. The molecule has 1 amide bonds. The molecule has 1 aliphatic rings. The number of carbonyl (C=O) groups excluding carboxylic acids is 1. The fraction of sp³-hybridized carbons (Fsp3) is 0.467. The second kappa shape index (κ2) is 7.47. The summed E-state index contributed by atoms with van der Waals surface area (Å²) < 4.78 is 10.4. The number of carbonyl (C=O) groups is 2. The van der Waals surface area contributed by atoms with Crippen molar-refractivity contribution in [2.45, 2.75) is 31.4 Å². The van der Waals surface area contributed by atoms with E-state index in [1.165, 1.54) is 13.2 Å². The van der Waals surface area contributed by atoms with E-state index in [9.17, 15) is 14.7 Å². The standard InChI is InChI=1S/C15H18ClNO5/c1-21-12-5-4-9(7-11(12)16)14(15(19)20)17-13(18)8-10-3-2-6-22-10/h4-5,7,10,14H,2-3,6,8H2,1H3,(H,17,18)(H,19,20). The second-order valence-electron chi connectivity index (χ2n) is 5.07. The van der Waals surface area contributed by atoms with Crippen LogP contribution in [0.3, 0.4) is 0 Å². The summed E-state index contributed by atoms with van der Waals surface area (Å²) >= 11 is 6.00. The minimum atomic E-state index is -1.16. The first-order chi connectivity index (χ1) is 10.5. The molecule has 22 heavy (non-hydrogen) atoms. The number of halogens is 1. The molecule has 6 nitrogen and oxygen atoms in total. The zero-order valence-corrected chi connectivity index (χ0v) is 12.9. The average Bonchev–Trinajstić information content (AvgIpc) is 2.97. The van der Waals surface area contributed by atoms with Gasteiger partial charge in [0.15, 0.2) is 6.04 Å². The third kappa shape index (κ3) is 4.11. The molecule has 2 atom stereocenters. The van der Waals surface area contributed by atoms with Crippen molar-refractivity contribution in [3.8, 4) is 5.75 Å². The van der Waals surface area contributed by atoms with Crippen molar-refractivity contribution in [1.29, 1.82) is 0 Å². The molecule has 0 saturated carbocycles. The second-order valence-corrected chi connectivity index (χ2v) is 5.48. The lowest BCUT2D eigenvalue weighted by Crippen LogP contribution is -2.35. The summed E-state index contributed by atoms with van der Waals surface area (Å²) in [5.74, 6) is -1.06. The number of carboxylic acids is 1. The molecule has 1 aromatic carbocycles. The van der Waals surface area contributed by atoms with Gasteiger partial charge in [-0.05, 0) is 30.5 Å². The molecular weight excluding hydrogens is 310 g/mol. The quantitative estimate of drug-likeness (QED) is 0.836. The number of methoxy groups -OCH3 is 1. The molecule has 1 aliphatic heterocycles. The lowest BCUT2D eigenvalue weighted by molar-refractivity contribution is -0.142. The minimum absolute atomic E-state index is 0.131. The molecule has 2 N–H and O–H groups in total. The van der Waals surface area contributed by atoms with Gasteiger partial charge in [0.1, 0.15) is 5.75 Å². The zero-order valence-electron chi connectivity index (χ0n) is 12.2. The van der Waals surface area contributed by atoms with Gasteiger partial charge in [-0.15, -0.1) is 0 Å². The summed E-state index contributed by atoms with van der Waals surface area (Å²) in [5.41, 5.74) is 0.388. The number of rotatable bonds is 6. The van der Waals surface area contributed by atoms with Crippen molar-refractivity contribution in [2.75, 3.05) is 13.7 Å². The summed E-state index contributed by atoms with van der Waals surface area (Å²) in [7, 11) is 1.47. The van der Waals surface area contributed by atoms with Crippen LogP contribution in [0.5, 0.6) is 5.75 Å². The Morgan fingerprint density at radius 2 is 2.32 bits per heavy atom. The van der Waals surface area contributed by atoms with Crippen LogP contribution in [0, 0.1) is 0 Å². The van der Waals surface area contributed by atoms with Gasteiger partial charge >= 0.3 is 5.97 Å². The average molecular weight is 328 g/mol. The Balaban J connectivity index is 2.07. The first-order valence-corrected chi connectivity index (χ1v) is 7.36. The normalized spacial score (nSPS) is 18.7. The van der Waals surface area contributed by atoms with Crippen LogP contribution in [0.25, 0.3) is 0 Å². The zero-order chi connectivity index (χ0) is 16.1. The van der Waals surface area contributed by atoms with Crippen molar-refractivity contribution in [2.24, 2.45) is 0 Å². The van der Waals surface area contributed by atoms with Crippen LogP contribution in [-0.4, -0.2) is 36.8 Å². The van der Waals surface area contributed by atoms with E-state index in [2.05, 4.69) is 5.32 Å². The predicted molar refractivity (Wildman–Crippen MR) is 80.1 cm³/mol. The van der Waals surface area contributed by atoms with Crippen LogP contribution in [0.2, 0.25) is 5.02 Å². The van der Waals surface area contributed by atoms with Gasteiger partial charge in [0.2, 0.25) is 5.91 Å². The number of benzene rings is 1. The number of aliphatic carboxylic acids is 1. The Kier molecular flexibility index (Phi) is 5.63. The molecule has 0 aliphatic carbocycles. The van der Waals surface area contributed by atoms with Crippen LogP contribution < -0.4 is 10.1 Å². The van der Waals surface area contributed by atoms with Gasteiger partial charge in [0.05, 0.1) is 24.7 Å². The van der Waals surface area contributed by atoms with E-state index in [-0.39, 0.29) is 18.4 Å². The van der Waals surface area contributed by atoms with Crippen LogP contribution in [0.1, 0.15) is 30.9 Å². The van der Waals surface area contributed by atoms with Crippen LogP contribution in [0.4, 0.5) is 0 Å². The molecule has 1 saturated heterocycles. The van der Waals surface area contributed by atoms with Crippen LogP contribution in [-0.2, 0) is 14.3 Å². The van der Waals surface area contributed by atoms with E-state index < -0.39 is 12.0 Å². The van der Waals surface area contributed by atoms with E-state index in [0.717, 1.165) is 12.8 Å². The molecule has 2 rings (SSSR count). The minimum Gasteiger partial charge on any atom is -0.495 e. The highest BCUT2D eigenvalue weighted by Crippen LogP contribution is 2.28. The SMILES string of the molecule is COc1ccc(C(NC(=O)CC2CCCO2)C(=O)O)cc1Cl. The summed E-state index contributed by atoms with van der Waals surface area (Å²) in [5, 5.41) is 12.1. The van der Waals surface area contributed by atoms with Crippen LogP contribution in [0.15, 0.2) is 18.2 Å². The van der Waals surface area contributed by atoms with E-state index in [4.69, 9.17) is 21.1 Å². The van der Waals surface area contributed by atoms with Crippen molar-refractivity contribution in [1.82, 2.24) is 5.32 Å². The number of ether oxygens (including phenoxy) is 2. The maximum atomic E-state index is 12.0. The largest absolute Gasteiger partial charge is 0.495 e. The van der Waals surface area contributed by atoms with Gasteiger partial charge in [-0.2, -0.15) is 0 Å². The summed E-state index contributed by atoms with van der Waals surface area (Å²) in [6.45, 7) is 0.647. The Bertz CT molecular complexity index is 557. The van der Waals surface area contributed by atoms with Gasteiger partial charge < -0.3 is 19.9 Å². The third-order valence-corrected chi connectivity index (χ3v) is 3.79. The molecular formula is C15H18ClNO5. The fourth-order valence-electron chi connectivity index (χ4n) is 2.38. The maximum Gasteiger partial charge on any atom is 0.330 e. The molecule has 0 spiro atoms. The van der Waals surface area contributed by atoms with E-state index in [1.807, 2.05) is 0 Å². The van der Waals surface area contributed by atoms with E-state index in [1.54, 1.807) is 12.1 Å². The number of hydrogen-bond donors (Lipinski definition) is 2. The molecule has 2 unspecified atom stereocenters. The highest BCUT2D eigenvalue weighted by molar-refractivity contribution is 6.32. The highest BCUT2D eigenvalue weighted by Gasteiger charge is 2.25. The van der Waals surface area contributed by atoms with Gasteiger partial charge in [-0.25, -0.2) is 4.79 Å². The molecule has 0 aromatic heterocycles. The molecule has 1 fully saturated rings. The molecule has 1 heterocycles. The van der Waals surface area contributed by atoms with Crippen molar-refractivity contribution < 1.29 is 24.2 Å². The number of amides is 1. The highest BCUT2D eigenvalue weighted by atomic mass is 35.5. The summed E-state index contributed by atoms with van der Waals surface area (Å²) in [6, 6.07) is 3.46. The number of carboxylic acid groups (broad SMARTS) is 1. The lowest BCUT2D eigenvalue weighted by Gasteiger charge is -2.17. The Labute approximate surface area is 133 Å². The topological polar surface area (TPSA) is 84.9 Å². The van der Waals surface area contributed by atoms with Gasteiger partial charge in [-0.1, -0.05) is 17.7 Å². The Hall–Kier alpha value is -1.79. The van der Waals surface area contributed by atoms with Gasteiger partial charge in [0.25, 0.3) is 0 Å². The van der Waals surface area contributed by atoms with E-state index in [0.29, 0.717) is 22.9 Å². The molecule has 120 valence electrons. The van der Waals surface area contributed by atoms with Gasteiger partial charge in [0, 0.05) is 6.61 Å². The lowest BCUT2D eigenvalue weighted by atomic mass is 10.1. The Morgan fingerprint density at radius 3 is 2.86 bits per heavy atom. The van der Waals surface area contributed by atoms with Gasteiger partial charge in [-0.3, -0.25) is 4.79 Å². The summed E-state index contributed by atoms with van der Waals surface area (Å²) in [4.78, 5) is 23.4. The predicted octanol–water partition coefficient (Wildman–Crippen LogP) is 2.16. The molecule has 0 radical (unpaired) electrons. The molecule has 1 aromatic rings. The first kappa shape index (κ1) is 16.6. The van der Waals surface area contributed by atoms with Crippen molar-refractivity contribution in [3.63, 3.8) is 0 Å². The maximum absolute atomic E-state index is 12.0. The Morgan fingerprint density at radius 1 is 1.55 bits per heavy atom. The fourth-order valence-corrected chi connectivity index (χ4v) is 2.65. The molecule has 7 heteroatoms. The number of nitrogens with one attached hydrogen (secondary N) is 1. The first-order valence-electron chi connectivity index (χ1n) is 6.98. The third-order valence-electron chi connectivity index (χ3n) is 3.50.